The molecule has 0 fully saturated rings. The van der Waals surface area contributed by atoms with Gasteiger partial charge in [0.2, 0.25) is 0 Å². The van der Waals surface area contributed by atoms with Gasteiger partial charge < -0.3 is 9.13 Å². The molecular weight excluding hydrogens is 192 g/mol. The molecule has 0 aliphatic carbocycles. The van der Waals surface area contributed by atoms with Crippen molar-refractivity contribution in [2.75, 3.05) is 27.2 Å². The lowest BCUT2D eigenvalue weighted by molar-refractivity contribution is 0.525. The van der Waals surface area contributed by atoms with Gasteiger partial charge >= 0.3 is 0 Å². The summed E-state index contributed by atoms with van der Waals surface area (Å²) in [5.74, 6) is 0. The minimum Gasteiger partial charge on any atom is -0.328 e. The average Bonchev–Trinajstić information content (AvgIpc) is 2.02. The van der Waals surface area contributed by atoms with E-state index in [1.807, 2.05) is 0 Å². The molecule has 76 valence electrons. The summed E-state index contributed by atoms with van der Waals surface area (Å²) in [7, 11) is 6.28. The van der Waals surface area contributed by atoms with Crippen molar-refractivity contribution in [1.29, 1.82) is 0 Å². The number of hydrogen-bond acceptors (Lipinski definition) is 2. The van der Waals surface area contributed by atoms with E-state index in [2.05, 4.69) is 50.9 Å². The van der Waals surface area contributed by atoms with Crippen LogP contribution in [0.5, 0.6) is 0 Å². The van der Waals surface area contributed by atoms with Gasteiger partial charge in [-0.3, -0.25) is 0 Å². The van der Waals surface area contributed by atoms with Gasteiger partial charge in [-0.25, -0.2) is 0 Å². The first-order valence-corrected chi connectivity index (χ1v) is 6.78. The van der Waals surface area contributed by atoms with E-state index in [4.69, 9.17) is 0 Å². The Hall–Kier alpha value is 0.354. The second kappa shape index (κ2) is 5.95. The van der Waals surface area contributed by atoms with Crippen LogP contribution in [0.1, 0.15) is 27.7 Å². The van der Waals surface area contributed by atoms with E-state index in [1.165, 1.54) is 0 Å². The fraction of sp³-hybridized carbons (Fsp3) is 1.00. The first-order valence-electron chi connectivity index (χ1n) is 4.89. The van der Waals surface area contributed by atoms with Crippen LogP contribution in [0.2, 0.25) is 4.66 Å². The first-order chi connectivity index (χ1) is 5.91. The number of hydrogen-bond donors (Lipinski definition) is 0. The standard InChI is InChI=1S/C9H22N2Si2/c1-7-10(5)12-9(3,4)13-11(6)8-2/h7-8H2,1-6H3. The van der Waals surface area contributed by atoms with E-state index in [9.17, 15) is 0 Å². The molecule has 0 saturated carbocycles. The fourth-order valence-electron chi connectivity index (χ4n) is 1.14. The van der Waals surface area contributed by atoms with Crippen LogP contribution in [0, 0.1) is 0 Å². The van der Waals surface area contributed by atoms with E-state index >= 15 is 0 Å². The van der Waals surface area contributed by atoms with Gasteiger partial charge in [-0.05, 0) is 31.8 Å². The van der Waals surface area contributed by atoms with E-state index in [-0.39, 0.29) is 0 Å². The zero-order chi connectivity index (χ0) is 10.5. The molecule has 4 heteroatoms. The predicted molar refractivity (Wildman–Crippen MR) is 62.2 cm³/mol. The maximum atomic E-state index is 2.41. The Kier molecular flexibility index (Phi) is 6.12. The molecule has 2 nitrogen and oxygen atoms in total. The van der Waals surface area contributed by atoms with Crippen LogP contribution in [0.4, 0.5) is 0 Å². The second-order valence-corrected chi connectivity index (χ2v) is 8.85. The molecule has 0 spiro atoms. The summed E-state index contributed by atoms with van der Waals surface area (Å²) in [6.07, 6.45) is 0. The lowest BCUT2D eigenvalue weighted by Gasteiger charge is -2.30. The summed E-state index contributed by atoms with van der Waals surface area (Å²) < 4.78 is 5.28. The molecule has 13 heavy (non-hydrogen) atoms. The van der Waals surface area contributed by atoms with Crippen molar-refractivity contribution >= 4 is 19.4 Å². The lowest BCUT2D eigenvalue weighted by Crippen LogP contribution is -2.40. The summed E-state index contributed by atoms with van der Waals surface area (Å²) in [5.41, 5.74) is 0. The molecule has 0 rings (SSSR count). The molecule has 0 aromatic rings. The molecule has 0 saturated heterocycles. The van der Waals surface area contributed by atoms with Gasteiger partial charge in [-0.2, -0.15) is 0 Å². The highest BCUT2D eigenvalue weighted by molar-refractivity contribution is 6.58. The van der Waals surface area contributed by atoms with Crippen LogP contribution in [-0.4, -0.2) is 55.7 Å². The minimum atomic E-state index is 0.454. The largest absolute Gasteiger partial charge is 0.328 e. The third kappa shape index (κ3) is 6.43. The smallest absolute Gasteiger partial charge is 0.145 e. The Bertz CT molecular complexity index is 126. The van der Waals surface area contributed by atoms with Gasteiger partial charge in [0.05, 0.1) is 0 Å². The summed E-state index contributed by atoms with van der Waals surface area (Å²) in [6, 6.07) is 0. The lowest BCUT2D eigenvalue weighted by atomic mass is 10.5. The van der Waals surface area contributed by atoms with Crippen LogP contribution in [0.15, 0.2) is 0 Å². The molecule has 0 N–H and O–H groups in total. The van der Waals surface area contributed by atoms with E-state index in [0.717, 1.165) is 32.5 Å². The molecule has 4 radical (unpaired) electrons. The Morgan fingerprint density at radius 1 is 0.923 bits per heavy atom. The summed E-state index contributed by atoms with van der Waals surface area (Å²) in [6.45, 7) is 11.5. The highest BCUT2D eigenvalue weighted by atomic mass is 28.3. The fourth-order valence-corrected chi connectivity index (χ4v) is 4.71. The normalized spacial score (nSPS) is 12.9. The SMILES string of the molecule is CCN(C)[Si]C(C)(C)[Si]N(C)CC. The predicted octanol–water partition coefficient (Wildman–Crippen LogP) is 1.28. The van der Waals surface area contributed by atoms with E-state index in [0.29, 0.717) is 4.66 Å². The van der Waals surface area contributed by atoms with Crippen LogP contribution >= 0.6 is 0 Å². The summed E-state index contributed by atoms with van der Waals surface area (Å²) >= 11 is 0. The highest BCUT2D eigenvalue weighted by Crippen LogP contribution is 2.21. The Morgan fingerprint density at radius 3 is 1.46 bits per heavy atom. The zero-order valence-corrected chi connectivity index (χ0v) is 11.8. The van der Waals surface area contributed by atoms with Crippen LogP contribution < -0.4 is 0 Å². The average molecular weight is 214 g/mol. The monoisotopic (exact) mass is 214 g/mol. The van der Waals surface area contributed by atoms with Gasteiger partial charge in [0.25, 0.3) is 0 Å². The Balaban J connectivity index is 3.92. The molecule has 0 bridgehead atoms. The van der Waals surface area contributed by atoms with Crippen molar-refractivity contribution in [1.82, 2.24) is 9.13 Å². The summed E-state index contributed by atoms with van der Waals surface area (Å²) in [5, 5.41) is 0. The molecule has 0 aliphatic heterocycles. The second-order valence-electron chi connectivity index (χ2n) is 3.88. The molecule has 0 amide bonds. The molecule has 0 aromatic heterocycles. The van der Waals surface area contributed by atoms with Gasteiger partial charge in [-0.1, -0.05) is 27.7 Å². The molecule has 0 unspecified atom stereocenters. The van der Waals surface area contributed by atoms with E-state index in [1.54, 1.807) is 0 Å². The van der Waals surface area contributed by atoms with Gasteiger partial charge in [0.15, 0.2) is 0 Å². The van der Waals surface area contributed by atoms with Gasteiger partial charge in [-0.15, -0.1) is 0 Å². The van der Waals surface area contributed by atoms with Crippen molar-refractivity contribution in [3.8, 4) is 0 Å². The van der Waals surface area contributed by atoms with Gasteiger partial charge in [0.1, 0.15) is 19.4 Å². The van der Waals surface area contributed by atoms with Crippen molar-refractivity contribution in [2.45, 2.75) is 32.4 Å². The van der Waals surface area contributed by atoms with Crippen LogP contribution in [-0.2, 0) is 0 Å². The Morgan fingerprint density at radius 2 is 1.23 bits per heavy atom. The minimum absolute atomic E-state index is 0.454. The maximum Gasteiger partial charge on any atom is 0.145 e. The summed E-state index contributed by atoms with van der Waals surface area (Å²) in [4.78, 5) is 0. The molecular formula is C9H22N2Si2. The van der Waals surface area contributed by atoms with Crippen LogP contribution in [0.25, 0.3) is 0 Å². The van der Waals surface area contributed by atoms with Crippen molar-refractivity contribution in [3.05, 3.63) is 0 Å². The first kappa shape index (κ1) is 13.4. The number of rotatable bonds is 6. The quantitative estimate of drug-likeness (QED) is 0.615. The number of nitrogens with zero attached hydrogens (tertiary/aromatic N) is 2. The van der Waals surface area contributed by atoms with Crippen molar-refractivity contribution in [2.24, 2.45) is 0 Å². The van der Waals surface area contributed by atoms with Gasteiger partial charge in [0, 0.05) is 0 Å². The van der Waals surface area contributed by atoms with Crippen LogP contribution in [0.3, 0.4) is 0 Å². The third-order valence-corrected chi connectivity index (χ3v) is 5.07. The Labute approximate surface area is 88.5 Å². The van der Waals surface area contributed by atoms with Crippen molar-refractivity contribution in [3.63, 3.8) is 0 Å². The zero-order valence-electron chi connectivity index (χ0n) is 9.81. The molecule has 0 aromatic carbocycles. The molecule has 0 atom stereocenters. The molecule has 0 heterocycles. The van der Waals surface area contributed by atoms with Crippen molar-refractivity contribution < 1.29 is 0 Å². The maximum absolute atomic E-state index is 2.41. The molecule has 0 aliphatic rings. The van der Waals surface area contributed by atoms with E-state index < -0.39 is 0 Å². The third-order valence-electron chi connectivity index (χ3n) is 1.89. The topological polar surface area (TPSA) is 6.48 Å². The highest BCUT2D eigenvalue weighted by Gasteiger charge is 2.24.